The van der Waals surface area contributed by atoms with Crippen LogP contribution < -0.4 is 0 Å². The summed E-state index contributed by atoms with van der Waals surface area (Å²) in [5.41, 5.74) is -1.95. The first-order chi connectivity index (χ1) is 15.6. The number of aliphatic hydroxyl groups excluding tert-OH is 3. The van der Waals surface area contributed by atoms with Crippen molar-refractivity contribution in [1.82, 2.24) is 0 Å². The molecule has 0 aromatic heterocycles. The molecule has 0 amide bonds. The van der Waals surface area contributed by atoms with E-state index in [9.17, 15) is 29.7 Å². The van der Waals surface area contributed by atoms with Crippen LogP contribution in [0.2, 0.25) is 0 Å². The Morgan fingerprint density at radius 3 is 2.58 bits per heavy atom. The van der Waals surface area contributed by atoms with Crippen molar-refractivity contribution >= 4 is 18.2 Å². The molecule has 186 valence electrons. The quantitative estimate of drug-likeness (QED) is 0.254. The number of cyclic esters (lactones) is 1. The lowest BCUT2D eigenvalue weighted by molar-refractivity contribution is -0.215. The molecule has 0 aromatic rings. The topological polar surface area (TPSA) is 130 Å². The maximum absolute atomic E-state index is 13.2. The van der Waals surface area contributed by atoms with E-state index in [1.54, 1.807) is 6.08 Å². The number of hydrogen-bond acceptors (Lipinski definition) is 8. The number of aliphatic hydroxyl groups is 3. The Morgan fingerprint density at radius 1 is 1.24 bits per heavy atom. The first-order valence-corrected chi connectivity index (χ1v) is 12.2. The lowest BCUT2D eigenvalue weighted by atomic mass is 9.46. The highest BCUT2D eigenvalue weighted by molar-refractivity contribution is 5.87. The molecule has 1 heterocycles. The Bertz CT molecular complexity index is 774. The van der Waals surface area contributed by atoms with E-state index >= 15 is 0 Å². The van der Waals surface area contributed by atoms with Crippen LogP contribution in [0.15, 0.2) is 11.6 Å². The SMILES string of the molecule is CCCCCCCC[C@@H](O)C(=O)O[C@H]1[C@@H](O)CC(C)(C)[C@H]2CC=C(C=O)[C@@H]3[C@@H](O)OC(=O)[C@@]321. The van der Waals surface area contributed by atoms with Crippen LogP contribution in [0, 0.1) is 22.7 Å². The van der Waals surface area contributed by atoms with Crippen molar-refractivity contribution in [3.05, 3.63) is 11.6 Å². The average molecular weight is 467 g/mol. The Balaban J connectivity index is 1.82. The van der Waals surface area contributed by atoms with E-state index in [4.69, 9.17) is 9.47 Å². The highest BCUT2D eigenvalue weighted by atomic mass is 16.6. The van der Waals surface area contributed by atoms with Crippen molar-refractivity contribution in [2.45, 2.75) is 103 Å². The van der Waals surface area contributed by atoms with Gasteiger partial charge in [0.2, 0.25) is 6.29 Å². The van der Waals surface area contributed by atoms with Gasteiger partial charge >= 0.3 is 11.9 Å². The van der Waals surface area contributed by atoms with Gasteiger partial charge in [0, 0.05) is 0 Å². The normalized spacial score (nSPS) is 35.6. The second-order valence-corrected chi connectivity index (χ2v) is 10.5. The minimum absolute atomic E-state index is 0.197. The van der Waals surface area contributed by atoms with Gasteiger partial charge in [-0.3, -0.25) is 9.59 Å². The molecule has 0 unspecified atom stereocenters. The lowest BCUT2D eigenvalue weighted by Crippen LogP contribution is -2.65. The molecule has 7 atom stereocenters. The van der Waals surface area contributed by atoms with Gasteiger partial charge in [0.05, 0.1) is 12.0 Å². The van der Waals surface area contributed by atoms with Gasteiger partial charge in [-0.05, 0) is 36.2 Å². The van der Waals surface area contributed by atoms with E-state index in [1.807, 2.05) is 13.8 Å². The molecule has 1 saturated heterocycles. The molecule has 0 bridgehead atoms. The molecule has 8 nitrogen and oxygen atoms in total. The van der Waals surface area contributed by atoms with Gasteiger partial charge in [-0.2, -0.15) is 0 Å². The van der Waals surface area contributed by atoms with Crippen molar-refractivity contribution in [2.24, 2.45) is 22.7 Å². The van der Waals surface area contributed by atoms with Crippen molar-refractivity contribution in [2.75, 3.05) is 0 Å². The largest absolute Gasteiger partial charge is 0.456 e. The summed E-state index contributed by atoms with van der Waals surface area (Å²) >= 11 is 0. The second kappa shape index (κ2) is 10.2. The first-order valence-electron chi connectivity index (χ1n) is 12.2. The maximum atomic E-state index is 13.2. The summed E-state index contributed by atoms with van der Waals surface area (Å²) in [4.78, 5) is 37.8. The van der Waals surface area contributed by atoms with Gasteiger partial charge in [0.1, 0.15) is 17.8 Å². The number of carbonyl (C=O) groups excluding carboxylic acids is 3. The van der Waals surface area contributed by atoms with Crippen LogP contribution in [0.3, 0.4) is 0 Å². The fourth-order valence-electron chi connectivity index (χ4n) is 6.32. The van der Waals surface area contributed by atoms with Crippen LogP contribution >= 0.6 is 0 Å². The Kier molecular flexibility index (Phi) is 8.02. The molecule has 3 rings (SSSR count). The smallest absolute Gasteiger partial charge is 0.335 e. The highest BCUT2D eigenvalue weighted by Crippen LogP contribution is 2.64. The van der Waals surface area contributed by atoms with Crippen LogP contribution in [0.4, 0.5) is 0 Å². The van der Waals surface area contributed by atoms with Gasteiger partial charge in [0.25, 0.3) is 0 Å². The van der Waals surface area contributed by atoms with E-state index in [-0.39, 0.29) is 18.4 Å². The molecule has 8 heteroatoms. The molecule has 3 aliphatic rings. The molecule has 3 N–H and O–H groups in total. The van der Waals surface area contributed by atoms with Crippen molar-refractivity contribution in [3.63, 3.8) is 0 Å². The summed E-state index contributed by atoms with van der Waals surface area (Å²) in [6.45, 7) is 5.94. The van der Waals surface area contributed by atoms with Gasteiger partial charge in [-0.25, -0.2) is 4.79 Å². The van der Waals surface area contributed by atoms with Crippen LogP contribution in [-0.4, -0.2) is 58.1 Å². The number of esters is 2. The summed E-state index contributed by atoms with van der Waals surface area (Å²) in [6, 6.07) is 0. The lowest BCUT2D eigenvalue weighted by Gasteiger charge is -2.57. The zero-order chi connectivity index (χ0) is 24.4. The van der Waals surface area contributed by atoms with Gasteiger partial charge in [-0.1, -0.05) is 65.4 Å². The number of unbranched alkanes of at least 4 members (excludes halogenated alkanes) is 5. The molecule has 33 heavy (non-hydrogen) atoms. The molecule has 0 radical (unpaired) electrons. The number of carbonyl (C=O) groups is 3. The van der Waals surface area contributed by atoms with Crippen molar-refractivity contribution < 1.29 is 39.2 Å². The van der Waals surface area contributed by atoms with Crippen molar-refractivity contribution in [1.29, 1.82) is 0 Å². The number of ether oxygens (including phenoxy) is 2. The summed E-state index contributed by atoms with van der Waals surface area (Å²) in [5.74, 6) is -3.17. The van der Waals surface area contributed by atoms with Gasteiger partial charge < -0.3 is 24.8 Å². The Morgan fingerprint density at radius 2 is 1.91 bits per heavy atom. The number of aldehydes is 1. The van der Waals surface area contributed by atoms with Crippen LogP contribution in [0.1, 0.15) is 78.6 Å². The average Bonchev–Trinajstić information content (AvgIpc) is 3.02. The van der Waals surface area contributed by atoms with E-state index < -0.39 is 59.2 Å². The second-order valence-electron chi connectivity index (χ2n) is 10.5. The third kappa shape index (κ3) is 4.62. The summed E-state index contributed by atoms with van der Waals surface area (Å²) < 4.78 is 10.8. The van der Waals surface area contributed by atoms with Gasteiger partial charge in [-0.15, -0.1) is 0 Å². The highest BCUT2D eigenvalue weighted by Gasteiger charge is 2.74. The maximum Gasteiger partial charge on any atom is 0.335 e. The molecule has 2 aliphatic carbocycles. The van der Waals surface area contributed by atoms with Crippen molar-refractivity contribution in [3.8, 4) is 0 Å². The van der Waals surface area contributed by atoms with Crippen LogP contribution in [0.5, 0.6) is 0 Å². The number of allylic oxidation sites excluding steroid dienone is 1. The first kappa shape index (κ1) is 25.8. The summed E-state index contributed by atoms with van der Waals surface area (Å²) in [7, 11) is 0. The molecular weight excluding hydrogens is 428 g/mol. The monoisotopic (exact) mass is 466 g/mol. The van der Waals surface area contributed by atoms with E-state index in [2.05, 4.69) is 6.92 Å². The molecule has 1 spiro atoms. The van der Waals surface area contributed by atoms with E-state index in [0.29, 0.717) is 19.1 Å². The molecule has 1 aliphatic heterocycles. The minimum Gasteiger partial charge on any atom is -0.456 e. The van der Waals surface area contributed by atoms with Crippen LogP contribution in [-0.2, 0) is 23.9 Å². The summed E-state index contributed by atoms with van der Waals surface area (Å²) in [6.07, 6.45) is 3.59. The minimum atomic E-state index is -1.60. The molecule has 1 saturated carbocycles. The fourth-order valence-corrected chi connectivity index (χ4v) is 6.32. The number of rotatable bonds is 10. The third-order valence-electron chi connectivity index (χ3n) is 7.89. The van der Waals surface area contributed by atoms with E-state index in [1.165, 1.54) is 0 Å². The van der Waals surface area contributed by atoms with Gasteiger partial charge in [0.15, 0.2) is 6.10 Å². The summed E-state index contributed by atoms with van der Waals surface area (Å²) in [5, 5.41) is 32.0. The zero-order valence-corrected chi connectivity index (χ0v) is 19.9. The zero-order valence-electron chi connectivity index (χ0n) is 19.9. The van der Waals surface area contributed by atoms with Crippen LogP contribution in [0.25, 0.3) is 0 Å². The Labute approximate surface area is 195 Å². The predicted molar refractivity (Wildman–Crippen MR) is 119 cm³/mol. The fraction of sp³-hybridized carbons (Fsp3) is 0.800. The molecule has 0 aromatic carbocycles. The number of hydrogen-bond donors (Lipinski definition) is 3. The van der Waals surface area contributed by atoms with E-state index in [0.717, 1.165) is 32.1 Å². The molecular formula is C25H38O8. The third-order valence-corrected chi connectivity index (χ3v) is 7.89. The molecule has 2 fully saturated rings. The predicted octanol–water partition coefficient (Wildman–Crippen LogP) is 2.42. The Hall–Kier alpha value is -1.77. The standard InChI is InChI=1S/C25H38O8/c1-4-5-6-7-8-9-10-16(27)21(29)32-20-17(28)13-24(2,3)18-12-11-15(14-26)19-22(30)33-23(31)25(18,19)20/h11,14,16-20,22,27-28,30H,4-10,12-13H2,1-3H3/t16-,17+,18-,19-,20+,22+,25-/m1/s1.